The molecule has 3 rings (SSSR count). The highest BCUT2D eigenvalue weighted by Gasteiger charge is 2.25. The normalized spacial score (nSPS) is 15.2. The van der Waals surface area contributed by atoms with E-state index in [0.717, 1.165) is 25.7 Å². The van der Waals surface area contributed by atoms with Gasteiger partial charge in [0.05, 0.1) is 18.1 Å². The number of hydrogen-bond acceptors (Lipinski definition) is 5. The molecule has 0 bridgehead atoms. The SMILES string of the molecule is CCOc1ccc(C(=O)Nc2cccc(S(=O)(=O)N3CCCCCC3)c2)cc1OCC. The third-order valence-electron chi connectivity index (χ3n) is 5.10. The maximum absolute atomic E-state index is 13.0. The number of ether oxygens (including phenoxy) is 2. The van der Waals surface area contributed by atoms with Crippen molar-refractivity contribution in [1.82, 2.24) is 4.31 Å². The molecule has 1 amide bonds. The van der Waals surface area contributed by atoms with Gasteiger partial charge in [-0.2, -0.15) is 4.31 Å². The van der Waals surface area contributed by atoms with Crippen LogP contribution in [0.2, 0.25) is 0 Å². The van der Waals surface area contributed by atoms with E-state index in [4.69, 9.17) is 9.47 Å². The Kier molecular flexibility index (Phi) is 7.92. The van der Waals surface area contributed by atoms with Crippen LogP contribution < -0.4 is 14.8 Å². The number of hydrogen-bond donors (Lipinski definition) is 1. The van der Waals surface area contributed by atoms with E-state index in [1.807, 2.05) is 13.8 Å². The van der Waals surface area contributed by atoms with Gasteiger partial charge in [0.15, 0.2) is 11.5 Å². The Morgan fingerprint density at radius 2 is 1.61 bits per heavy atom. The lowest BCUT2D eigenvalue weighted by molar-refractivity contribution is 0.102. The Labute approximate surface area is 184 Å². The van der Waals surface area contributed by atoms with Crippen LogP contribution in [0.4, 0.5) is 5.69 Å². The van der Waals surface area contributed by atoms with Gasteiger partial charge < -0.3 is 14.8 Å². The second-order valence-corrected chi connectivity index (χ2v) is 9.27. The molecule has 0 saturated carbocycles. The van der Waals surface area contributed by atoms with E-state index in [2.05, 4.69) is 5.32 Å². The van der Waals surface area contributed by atoms with E-state index in [1.54, 1.807) is 40.7 Å². The Bertz CT molecular complexity index is 999. The third-order valence-corrected chi connectivity index (χ3v) is 6.99. The molecule has 168 valence electrons. The van der Waals surface area contributed by atoms with E-state index in [-0.39, 0.29) is 10.8 Å². The molecule has 1 aliphatic heterocycles. The van der Waals surface area contributed by atoms with Crippen molar-refractivity contribution >= 4 is 21.6 Å². The van der Waals surface area contributed by atoms with Gasteiger partial charge in [-0.25, -0.2) is 8.42 Å². The molecule has 0 aromatic heterocycles. The highest BCUT2D eigenvalue weighted by molar-refractivity contribution is 7.89. The predicted molar refractivity (Wildman–Crippen MR) is 120 cm³/mol. The summed E-state index contributed by atoms with van der Waals surface area (Å²) in [5, 5.41) is 2.79. The zero-order chi connectivity index (χ0) is 22.3. The number of rotatable bonds is 8. The summed E-state index contributed by atoms with van der Waals surface area (Å²) in [6.45, 7) is 5.74. The van der Waals surface area contributed by atoms with Gasteiger partial charge >= 0.3 is 0 Å². The van der Waals surface area contributed by atoms with Crippen molar-refractivity contribution in [3.05, 3.63) is 48.0 Å². The lowest BCUT2D eigenvalue weighted by Gasteiger charge is -2.20. The molecule has 0 atom stereocenters. The van der Waals surface area contributed by atoms with Crippen LogP contribution in [0.5, 0.6) is 11.5 Å². The molecule has 8 heteroatoms. The molecule has 2 aromatic carbocycles. The van der Waals surface area contributed by atoms with Crippen LogP contribution in [0.3, 0.4) is 0 Å². The standard InChI is InChI=1S/C23H30N2O5S/c1-3-29-21-13-12-18(16-22(21)30-4-2)23(26)24-19-10-9-11-20(17-19)31(27,28)25-14-7-5-6-8-15-25/h9-13,16-17H,3-8,14-15H2,1-2H3,(H,24,26). The molecule has 1 aliphatic rings. The van der Waals surface area contributed by atoms with E-state index in [9.17, 15) is 13.2 Å². The molecule has 7 nitrogen and oxygen atoms in total. The lowest BCUT2D eigenvalue weighted by Crippen LogP contribution is -2.32. The van der Waals surface area contributed by atoms with Crippen LogP contribution >= 0.6 is 0 Å². The molecule has 1 saturated heterocycles. The summed E-state index contributed by atoms with van der Waals surface area (Å²) in [5.41, 5.74) is 0.820. The first-order valence-corrected chi connectivity index (χ1v) is 12.2. The van der Waals surface area contributed by atoms with Crippen molar-refractivity contribution < 1.29 is 22.7 Å². The minimum absolute atomic E-state index is 0.189. The minimum Gasteiger partial charge on any atom is -0.490 e. The highest BCUT2D eigenvalue weighted by Crippen LogP contribution is 2.29. The van der Waals surface area contributed by atoms with Gasteiger partial charge in [0.25, 0.3) is 5.91 Å². The fourth-order valence-corrected chi connectivity index (χ4v) is 5.12. The lowest BCUT2D eigenvalue weighted by atomic mass is 10.2. The molecule has 0 unspecified atom stereocenters. The van der Waals surface area contributed by atoms with E-state index in [0.29, 0.717) is 49.1 Å². The van der Waals surface area contributed by atoms with Crippen LogP contribution in [0.1, 0.15) is 49.9 Å². The monoisotopic (exact) mass is 446 g/mol. The molecular weight excluding hydrogens is 416 g/mol. The number of amides is 1. The van der Waals surface area contributed by atoms with Gasteiger partial charge in [-0.05, 0) is 63.1 Å². The van der Waals surface area contributed by atoms with Crippen molar-refractivity contribution in [2.45, 2.75) is 44.4 Å². The molecule has 31 heavy (non-hydrogen) atoms. The topological polar surface area (TPSA) is 84.9 Å². The van der Waals surface area contributed by atoms with Crippen molar-refractivity contribution in [1.29, 1.82) is 0 Å². The number of nitrogens with one attached hydrogen (secondary N) is 1. The first kappa shape index (κ1) is 23.1. The van der Waals surface area contributed by atoms with Gasteiger partial charge in [0, 0.05) is 24.3 Å². The molecule has 1 N–H and O–H groups in total. The fourth-order valence-electron chi connectivity index (χ4n) is 3.56. The van der Waals surface area contributed by atoms with Gasteiger partial charge in [-0.15, -0.1) is 0 Å². The van der Waals surface area contributed by atoms with E-state index < -0.39 is 10.0 Å². The van der Waals surface area contributed by atoms with Crippen molar-refractivity contribution in [3.63, 3.8) is 0 Å². The number of nitrogens with zero attached hydrogens (tertiary/aromatic N) is 1. The maximum atomic E-state index is 13.0. The average Bonchev–Trinajstić information content (AvgIpc) is 3.06. The van der Waals surface area contributed by atoms with Crippen molar-refractivity contribution in [2.24, 2.45) is 0 Å². The number of anilines is 1. The Morgan fingerprint density at radius 3 is 2.29 bits per heavy atom. The molecule has 1 fully saturated rings. The maximum Gasteiger partial charge on any atom is 0.255 e. The zero-order valence-electron chi connectivity index (χ0n) is 18.1. The molecular formula is C23H30N2O5S. The van der Waals surface area contributed by atoms with Gasteiger partial charge in [-0.1, -0.05) is 18.9 Å². The van der Waals surface area contributed by atoms with Gasteiger partial charge in [0.1, 0.15) is 0 Å². The summed E-state index contributed by atoms with van der Waals surface area (Å²) in [6.07, 6.45) is 3.84. The highest BCUT2D eigenvalue weighted by atomic mass is 32.2. The summed E-state index contributed by atoms with van der Waals surface area (Å²) in [5.74, 6) is 0.717. The van der Waals surface area contributed by atoms with Crippen molar-refractivity contribution in [2.75, 3.05) is 31.6 Å². The van der Waals surface area contributed by atoms with Crippen LogP contribution in [-0.4, -0.2) is 44.9 Å². The van der Waals surface area contributed by atoms with E-state index in [1.165, 1.54) is 6.07 Å². The molecule has 0 radical (unpaired) electrons. The zero-order valence-corrected chi connectivity index (χ0v) is 18.9. The summed E-state index contributed by atoms with van der Waals surface area (Å²) in [7, 11) is -3.59. The van der Waals surface area contributed by atoms with Crippen LogP contribution in [-0.2, 0) is 10.0 Å². The number of carbonyl (C=O) groups excluding carboxylic acids is 1. The van der Waals surface area contributed by atoms with Crippen molar-refractivity contribution in [3.8, 4) is 11.5 Å². The summed E-state index contributed by atoms with van der Waals surface area (Å²) < 4.78 is 38.8. The second kappa shape index (κ2) is 10.6. The fraction of sp³-hybridized carbons (Fsp3) is 0.435. The molecule has 2 aromatic rings. The molecule has 0 spiro atoms. The Balaban J connectivity index is 1.79. The van der Waals surface area contributed by atoms with Gasteiger partial charge in [-0.3, -0.25) is 4.79 Å². The predicted octanol–water partition coefficient (Wildman–Crippen LogP) is 4.30. The molecule has 1 heterocycles. The van der Waals surface area contributed by atoms with E-state index >= 15 is 0 Å². The summed E-state index contributed by atoms with van der Waals surface area (Å²) >= 11 is 0. The average molecular weight is 447 g/mol. The Morgan fingerprint density at radius 1 is 0.935 bits per heavy atom. The minimum atomic E-state index is -3.59. The smallest absolute Gasteiger partial charge is 0.255 e. The Hall–Kier alpha value is -2.58. The number of benzene rings is 2. The second-order valence-electron chi connectivity index (χ2n) is 7.33. The first-order chi connectivity index (χ1) is 15.0. The van der Waals surface area contributed by atoms with Crippen LogP contribution in [0, 0.1) is 0 Å². The number of sulfonamides is 1. The summed E-state index contributed by atoms with van der Waals surface area (Å²) in [4.78, 5) is 13.0. The van der Waals surface area contributed by atoms with Gasteiger partial charge in [0.2, 0.25) is 10.0 Å². The third kappa shape index (κ3) is 5.77. The van der Waals surface area contributed by atoms with Crippen LogP contribution in [0.15, 0.2) is 47.4 Å². The van der Waals surface area contributed by atoms with Crippen LogP contribution in [0.25, 0.3) is 0 Å². The first-order valence-electron chi connectivity index (χ1n) is 10.8. The number of carbonyl (C=O) groups is 1. The quantitative estimate of drug-likeness (QED) is 0.653. The summed E-state index contributed by atoms with van der Waals surface area (Å²) in [6, 6.07) is 11.4. The largest absolute Gasteiger partial charge is 0.490 e. The molecule has 0 aliphatic carbocycles.